The summed E-state index contributed by atoms with van der Waals surface area (Å²) in [5.41, 5.74) is -0.179. The third-order valence-electron chi connectivity index (χ3n) is 2.73. The predicted molar refractivity (Wildman–Crippen MR) is 63.2 cm³/mol. The first-order valence-electron chi connectivity index (χ1n) is 4.80. The highest BCUT2D eigenvalue weighted by molar-refractivity contribution is 9.11. The van der Waals surface area contributed by atoms with Crippen molar-refractivity contribution in [3.63, 3.8) is 0 Å². The van der Waals surface area contributed by atoms with Gasteiger partial charge in [-0.3, -0.25) is 9.59 Å². The molecule has 4 nitrogen and oxygen atoms in total. The van der Waals surface area contributed by atoms with Crippen molar-refractivity contribution < 1.29 is 14.7 Å². The number of hydrogen-bond donors (Lipinski definition) is 2. The Kier molecular flexibility index (Phi) is 3.03. The highest BCUT2D eigenvalue weighted by Gasteiger charge is 2.56. The van der Waals surface area contributed by atoms with E-state index in [9.17, 15) is 9.59 Å². The van der Waals surface area contributed by atoms with Gasteiger partial charge in [0.25, 0.3) is 0 Å². The Bertz CT molecular complexity index is 439. The molecule has 1 saturated carbocycles. The van der Waals surface area contributed by atoms with Crippen molar-refractivity contribution in [2.24, 2.45) is 5.41 Å². The van der Waals surface area contributed by atoms with Gasteiger partial charge in [-0.25, -0.2) is 0 Å². The lowest BCUT2D eigenvalue weighted by Gasteiger charge is -2.10. The standard InChI is InChI=1S/C10H10BrNO3S/c11-7-6(1-4-16-7)5-12-8(13)10(2-3-10)9(14)15/h1,4H,2-3,5H2,(H,12,13)(H,14,15). The number of carbonyl (C=O) groups is 2. The lowest BCUT2D eigenvalue weighted by atomic mass is 10.1. The minimum absolute atomic E-state index is 0.373. The lowest BCUT2D eigenvalue weighted by Crippen LogP contribution is -2.36. The normalized spacial score (nSPS) is 16.8. The van der Waals surface area contributed by atoms with E-state index in [1.807, 2.05) is 11.4 Å². The quantitative estimate of drug-likeness (QED) is 0.836. The molecule has 1 heterocycles. The van der Waals surface area contributed by atoms with Gasteiger partial charge >= 0.3 is 5.97 Å². The minimum atomic E-state index is -1.15. The molecule has 0 aliphatic heterocycles. The van der Waals surface area contributed by atoms with Gasteiger partial charge in [-0.15, -0.1) is 11.3 Å². The van der Waals surface area contributed by atoms with Crippen LogP contribution in [-0.2, 0) is 16.1 Å². The molecular weight excluding hydrogens is 294 g/mol. The molecule has 6 heteroatoms. The van der Waals surface area contributed by atoms with Crippen LogP contribution in [0.2, 0.25) is 0 Å². The molecular formula is C10H10BrNO3S. The van der Waals surface area contributed by atoms with Crippen LogP contribution in [0.5, 0.6) is 0 Å². The summed E-state index contributed by atoms with van der Waals surface area (Å²) in [6.07, 6.45) is 0.887. The monoisotopic (exact) mass is 303 g/mol. The van der Waals surface area contributed by atoms with Crippen LogP contribution in [0.3, 0.4) is 0 Å². The second-order valence-corrected chi connectivity index (χ2v) is 6.02. The molecule has 0 saturated heterocycles. The zero-order valence-corrected chi connectivity index (χ0v) is 10.7. The van der Waals surface area contributed by atoms with E-state index in [1.165, 1.54) is 11.3 Å². The highest BCUT2D eigenvalue weighted by atomic mass is 79.9. The molecule has 1 aromatic heterocycles. The zero-order chi connectivity index (χ0) is 11.8. The summed E-state index contributed by atoms with van der Waals surface area (Å²) in [5.74, 6) is -1.40. The summed E-state index contributed by atoms with van der Waals surface area (Å²) in [7, 11) is 0. The van der Waals surface area contributed by atoms with Crippen LogP contribution in [0.25, 0.3) is 0 Å². The van der Waals surface area contributed by atoms with Gasteiger partial charge in [0, 0.05) is 6.54 Å². The van der Waals surface area contributed by atoms with E-state index in [1.54, 1.807) is 0 Å². The number of hydrogen-bond acceptors (Lipinski definition) is 3. The van der Waals surface area contributed by atoms with E-state index in [4.69, 9.17) is 5.11 Å². The molecule has 0 radical (unpaired) electrons. The van der Waals surface area contributed by atoms with Gasteiger partial charge in [-0.05, 0) is 45.8 Å². The molecule has 0 aromatic carbocycles. The number of nitrogens with one attached hydrogen (secondary N) is 1. The number of carbonyl (C=O) groups excluding carboxylic acids is 1. The van der Waals surface area contributed by atoms with Crippen molar-refractivity contribution in [1.82, 2.24) is 5.32 Å². The molecule has 86 valence electrons. The van der Waals surface area contributed by atoms with Gasteiger partial charge in [0.2, 0.25) is 5.91 Å². The van der Waals surface area contributed by atoms with E-state index in [0.717, 1.165) is 9.35 Å². The van der Waals surface area contributed by atoms with Gasteiger partial charge in [0.1, 0.15) is 5.41 Å². The lowest BCUT2D eigenvalue weighted by molar-refractivity contribution is -0.149. The number of rotatable bonds is 4. The van der Waals surface area contributed by atoms with Crippen molar-refractivity contribution in [3.05, 3.63) is 20.8 Å². The second-order valence-electron chi connectivity index (χ2n) is 3.79. The summed E-state index contributed by atoms with van der Waals surface area (Å²) in [6.45, 7) is 0.373. The maximum absolute atomic E-state index is 11.7. The topological polar surface area (TPSA) is 66.4 Å². The maximum atomic E-state index is 11.7. The van der Waals surface area contributed by atoms with E-state index in [2.05, 4.69) is 21.2 Å². The number of aliphatic carboxylic acids is 1. The fourth-order valence-electron chi connectivity index (χ4n) is 1.45. The number of carboxylic acid groups (broad SMARTS) is 1. The van der Waals surface area contributed by atoms with Crippen LogP contribution in [0.4, 0.5) is 0 Å². The average molecular weight is 304 g/mol. The van der Waals surface area contributed by atoms with Gasteiger partial charge in [0.15, 0.2) is 0 Å². The predicted octanol–water partition coefficient (Wildman–Crippen LogP) is 1.99. The molecule has 2 rings (SSSR count). The Balaban J connectivity index is 1.95. The van der Waals surface area contributed by atoms with Crippen molar-refractivity contribution in [2.45, 2.75) is 19.4 Å². The van der Waals surface area contributed by atoms with E-state index < -0.39 is 11.4 Å². The molecule has 0 atom stereocenters. The summed E-state index contributed by atoms with van der Waals surface area (Å²) in [5, 5.41) is 13.5. The molecule has 1 aromatic rings. The Morgan fingerprint density at radius 2 is 2.25 bits per heavy atom. The van der Waals surface area contributed by atoms with Crippen molar-refractivity contribution in [2.75, 3.05) is 0 Å². The number of halogens is 1. The third kappa shape index (κ3) is 1.99. The van der Waals surface area contributed by atoms with Gasteiger partial charge < -0.3 is 10.4 Å². The summed E-state index contributed by atoms with van der Waals surface area (Å²) in [4.78, 5) is 22.6. The van der Waals surface area contributed by atoms with Crippen LogP contribution in [-0.4, -0.2) is 17.0 Å². The molecule has 1 amide bonds. The SMILES string of the molecule is O=C(O)C1(C(=O)NCc2ccsc2Br)CC1. The summed E-state index contributed by atoms with van der Waals surface area (Å²) >= 11 is 4.90. The Morgan fingerprint density at radius 1 is 1.56 bits per heavy atom. The molecule has 2 N–H and O–H groups in total. The highest BCUT2D eigenvalue weighted by Crippen LogP contribution is 2.46. The largest absolute Gasteiger partial charge is 0.480 e. The summed E-state index contributed by atoms with van der Waals surface area (Å²) in [6, 6.07) is 1.90. The van der Waals surface area contributed by atoms with Crippen LogP contribution in [0.15, 0.2) is 15.2 Å². The third-order valence-corrected chi connectivity index (χ3v) is 4.54. The minimum Gasteiger partial charge on any atom is -0.480 e. The Morgan fingerprint density at radius 3 is 2.69 bits per heavy atom. The van der Waals surface area contributed by atoms with Gasteiger partial charge in [-0.1, -0.05) is 0 Å². The van der Waals surface area contributed by atoms with Crippen molar-refractivity contribution in [3.8, 4) is 0 Å². The first-order chi connectivity index (χ1) is 7.56. The van der Waals surface area contributed by atoms with Gasteiger partial charge in [-0.2, -0.15) is 0 Å². The van der Waals surface area contributed by atoms with Crippen LogP contribution < -0.4 is 5.32 Å². The average Bonchev–Trinajstić information content (AvgIpc) is 2.95. The molecule has 1 aliphatic rings. The number of carboxylic acids is 1. The number of amides is 1. The molecule has 0 spiro atoms. The molecule has 1 aliphatic carbocycles. The smallest absolute Gasteiger partial charge is 0.319 e. The van der Waals surface area contributed by atoms with E-state index in [0.29, 0.717) is 19.4 Å². The number of thiophene rings is 1. The second kappa shape index (κ2) is 4.18. The van der Waals surface area contributed by atoms with E-state index in [-0.39, 0.29) is 5.91 Å². The van der Waals surface area contributed by atoms with Crippen LogP contribution >= 0.6 is 27.3 Å². The fourth-order valence-corrected chi connectivity index (χ4v) is 2.69. The van der Waals surface area contributed by atoms with Crippen LogP contribution in [0.1, 0.15) is 18.4 Å². The fraction of sp³-hybridized carbons (Fsp3) is 0.400. The molecule has 0 unspecified atom stereocenters. The van der Waals surface area contributed by atoms with E-state index >= 15 is 0 Å². The maximum Gasteiger partial charge on any atom is 0.319 e. The molecule has 16 heavy (non-hydrogen) atoms. The van der Waals surface area contributed by atoms with Crippen molar-refractivity contribution >= 4 is 39.1 Å². The Labute approximate surface area is 105 Å². The summed E-state index contributed by atoms with van der Waals surface area (Å²) < 4.78 is 0.966. The molecule has 0 bridgehead atoms. The van der Waals surface area contributed by atoms with Crippen LogP contribution in [0, 0.1) is 5.41 Å². The van der Waals surface area contributed by atoms with Crippen molar-refractivity contribution in [1.29, 1.82) is 0 Å². The first-order valence-corrected chi connectivity index (χ1v) is 6.47. The van der Waals surface area contributed by atoms with Gasteiger partial charge in [0.05, 0.1) is 3.79 Å². The zero-order valence-electron chi connectivity index (χ0n) is 8.33. The first kappa shape index (κ1) is 11.6. The molecule has 1 fully saturated rings. The Hall–Kier alpha value is -0.880.